The molecule has 0 aromatic carbocycles. The van der Waals surface area contributed by atoms with E-state index in [4.69, 9.17) is 9.47 Å². The number of ether oxygens (including phenoxy) is 2. The molecule has 4 heteroatoms. The molecule has 0 saturated heterocycles. The predicted octanol–water partition coefficient (Wildman–Crippen LogP) is 1.69. The molecule has 0 amide bonds. The van der Waals surface area contributed by atoms with Crippen LogP contribution in [0.5, 0.6) is 0 Å². The fourth-order valence-electron chi connectivity index (χ4n) is 1.41. The SMILES string of the molecule is CCOC(CNC1CCC1)OCC.N. The fraction of sp³-hybridized carbons (Fsp3) is 1.00. The molecule has 1 fully saturated rings. The Balaban J connectivity index is 0.00000169. The number of hydrogen-bond donors (Lipinski definition) is 2. The van der Waals surface area contributed by atoms with Gasteiger partial charge in [-0.15, -0.1) is 0 Å². The Bertz CT molecular complexity index is 123. The minimum Gasteiger partial charge on any atom is -0.352 e. The molecular formula is C10H24N2O2. The van der Waals surface area contributed by atoms with Gasteiger partial charge in [-0.05, 0) is 26.7 Å². The largest absolute Gasteiger partial charge is 0.352 e. The highest BCUT2D eigenvalue weighted by atomic mass is 16.7. The van der Waals surface area contributed by atoms with Gasteiger partial charge in [0.1, 0.15) is 0 Å². The Labute approximate surface area is 86.9 Å². The first kappa shape index (κ1) is 13.8. The van der Waals surface area contributed by atoms with Crippen LogP contribution in [0.25, 0.3) is 0 Å². The molecule has 1 aliphatic carbocycles. The Morgan fingerprint density at radius 1 is 1.21 bits per heavy atom. The van der Waals surface area contributed by atoms with Gasteiger partial charge in [0.15, 0.2) is 6.29 Å². The predicted molar refractivity (Wildman–Crippen MR) is 57.7 cm³/mol. The van der Waals surface area contributed by atoms with Crippen LogP contribution in [0.2, 0.25) is 0 Å². The summed E-state index contributed by atoms with van der Waals surface area (Å²) in [6.07, 6.45) is 3.93. The summed E-state index contributed by atoms with van der Waals surface area (Å²) in [5.74, 6) is 0. The third-order valence-electron chi connectivity index (χ3n) is 2.38. The van der Waals surface area contributed by atoms with Crippen LogP contribution in [0.15, 0.2) is 0 Å². The smallest absolute Gasteiger partial charge is 0.169 e. The zero-order chi connectivity index (χ0) is 9.52. The maximum atomic E-state index is 5.42. The van der Waals surface area contributed by atoms with Gasteiger partial charge in [0, 0.05) is 25.8 Å². The number of nitrogens with one attached hydrogen (secondary N) is 1. The Kier molecular flexibility index (Phi) is 8.08. The molecule has 1 aliphatic rings. The third-order valence-corrected chi connectivity index (χ3v) is 2.38. The minimum absolute atomic E-state index is 0. The fourth-order valence-corrected chi connectivity index (χ4v) is 1.41. The van der Waals surface area contributed by atoms with Crippen molar-refractivity contribution < 1.29 is 9.47 Å². The first-order valence-corrected chi connectivity index (χ1v) is 5.33. The summed E-state index contributed by atoms with van der Waals surface area (Å²) in [5.41, 5.74) is 0. The van der Waals surface area contributed by atoms with E-state index >= 15 is 0 Å². The summed E-state index contributed by atoms with van der Waals surface area (Å²) in [6, 6.07) is 0.711. The molecule has 0 aliphatic heterocycles. The molecule has 0 spiro atoms. The monoisotopic (exact) mass is 204 g/mol. The van der Waals surface area contributed by atoms with Crippen molar-refractivity contribution in [1.82, 2.24) is 11.5 Å². The standard InChI is InChI=1S/C10H21NO2.H3N/c1-3-12-10(13-4-2)8-11-9-6-5-7-9;/h9-11H,3-8H2,1-2H3;1H3. The highest BCUT2D eigenvalue weighted by molar-refractivity contribution is 4.76. The van der Waals surface area contributed by atoms with E-state index in [1.54, 1.807) is 0 Å². The van der Waals surface area contributed by atoms with Crippen molar-refractivity contribution >= 4 is 0 Å². The molecule has 0 aromatic heterocycles. The average molecular weight is 204 g/mol. The second-order valence-electron chi connectivity index (χ2n) is 3.38. The van der Waals surface area contributed by atoms with Crippen molar-refractivity contribution in [3.8, 4) is 0 Å². The van der Waals surface area contributed by atoms with Crippen molar-refractivity contribution in [2.45, 2.75) is 45.4 Å². The van der Waals surface area contributed by atoms with Crippen LogP contribution in [-0.4, -0.2) is 32.1 Å². The van der Waals surface area contributed by atoms with Crippen molar-refractivity contribution in [3.05, 3.63) is 0 Å². The van der Waals surface area contributed by atoms with Gasteiger partial charge in [-0.3, -0.25) is 0 Å². The highest BCUT2D eigenvalue weighted by Gasteiger charge is 2.18. The van der Waals surface area contributed by atoms with Gasteiger partial charge < -0.3 is 20.9 Å². The maximum absolute atomic E-state index is 5.42. The lowest BCUT2D eigenvalue weighted by molar-refractivity contribution is -0.134. The molecule has 4 nitrogen and oxygen atoms in total. The van der Waals surface area contributed by atoms with Crippen molar-refractivity contribution in [1.29, 1.82) is 0 Å². The van der Waals surface area contributed by atoms with Crippen LogP contribution in [0, 0.1) is 0 Å². The lowest BCUT2D eigenvalue weighted by Crippen LogP contribution is -2.41. The summed E-state index contributed by atoms with van der Waals surface area (Å²) >= 11 is 0. The summed E-state index contributed by atoms with van der Waals surface area (Å²) in [6.45, 7) is 6.26. The van der Waals surface area contributed by atoms with Crippen molar-refractivity contribution in [2.75, 3.05) is 19.8 Å². The van der Waals surface area contributed by atoms with E-state index in [0.29, 0.717) is 6.04 Å². The van der Waals surface area contributed by atoms with E-state index in [-0.39, 0.29) is 12.4 Å². The summed E-state index contributed by atoms with van der Waals surface area (Å²) < 4.78 is 10.8. The van der Waals surface area contributed by atoms with E-state index in [2.05, 4.69) is 5.32 Å². The zero-order valence-electron chi connectivity index (χ0n) is 9.42. The van der Waals surface area contributed by atoms with Gasteiger partial charge in [-0.1, -0.05) is 6.42 Å². The summed E-state index contributed by atoms with van der Waals surface area (Å²) in [4.78, 5) is 0. The van der Waals surface area contributed by atoms with E-state index in [1.165, 1.54) is 19.3 Å². The Morgan fingerprint density at radius 3 is 2.14 bits per heavy atom. The second kappa shape index (κ2) is 8.17. The highest BCUT2D eigenvalue weighted by Crippen LogP contribution is 2.17. The second-order valence-corrected chi connectivity index (χ2v) is 3.38. The molecular weight excluding hydrogens is 180 g/mol. The Hall–Kier alpha value is -0.160. The van der Waals surface area contributed by atoms with E-state index in [9.17, 15) is 0 Å². The first-order chi connectivity index (χ1) is 6.36. The van der Waals surface area contributed by atoms with E-state index in [0.717, 1.165) is 19.8 Å². The van der Waals surface area contributed by atoms with Crippen LogP contribution < -0.4 is 11.5 Å². The average Bonchev–Trinajstić information content (AvgIpc) is 2.02. The Morgan fingerprint density at radius 2 is 1.79 bits per heavy atom. The van der Waals surface area contributed by atoms with Gasteiger partial charge in [0.2, 0.25) is 0 Å². The van der Waals surface area contributed by atoms with Gasteiger partial charge in [-0.25, -0.2) is 0 Å². The molecule has 0 radical (unpaired) electrons. The van der Waals surface area contributed by atoms with E-state index < -0.39 is 0 Å². The molecule has 0 bridgehead atoms. The topological polar surface area (TPSA) is 65.5 Å². The van der Waals surface area contributed by atoms with Crippen molar-refractivity contribution in [3.63, 3.8) is 0 Å². The van der Waals surface area contributed by atoms with Crippen molar-refractivity contribution in [2.24, 2.45) is 0 Å². The molecule has 86 valence electrons. The molecule has 0 atom stereocenters. The molecule has 4 N–H and O–H groups in total. The van der Waals surface area contributed by atoms with Gasteiger partial charge >= 0.3 is 0 Å². The molecule has 0 heterocycles. The van der Waals surface area contributed by atoms with Crippen LogP contribution in [0.3, 0.4) is 0 Å². The summed E-state index contributed by atoms with van der Waals surface area (Å²) in [7, 11) is 0. The quantitative estimate of drug-likeness (QED) is 0.619. The lowest BCUT2D eigenvalue weighted by atomic mass is 9.93. The molecule has 1 rings (SSSR count). The number of hydrogen-bond acceptors (Lipinski definition) is 4. The van der Waals surface area contributed by atoms with Crippen LogP contribution in [0.4, 0.5) is 0 Å². The van der Waals surface area contributed by atoms with E-state index in [1.807, 2.05) is 13.8 Å². The summed E-state index contributed by atoms with van der Waals surface area (Å²) in [5, 5.41) is 3.44. The van der Waals surface area contributed by atoms with Crippen LogP contribution in [-0.2, 0) is 9.47 Å². The normalized spacial score (nSPS) is 16.5. The molecule has 14 heavy (non-hydrogen) atoms. The molecule has 0 aromatic rings. The van der Waals surface area contributed by atoms with Gasteiger partial charge in [0.05, 0.1) is 0 Å². The minimum atomic E-state index is -0.0596. The van der Waals surface area contributed by atoms with Crippen LogP contribution >= 0.6 is 0 Å². The maximum Gasteiger partial charge on any atom is 0.169 e. The first-order valence-electron chi connectivity index (χ1n) is 5.33. The number of rotatable bonds is 7. The lowest BCUT2D eigenvalue weighted by Gasteiger charge is -2.28. The van der Waals surface area contributed by atoms with Crippen LogP contribution in [0.1, 0.15) is 33.1 Å². The molecule has 0 unspecified atom stereocenters. The van der Waals surface area contributed by atoms with Gasteiger partial charge in [-0.2, -0.15) is 0 Å². The zero-order valence-corrected chi connectivity index (χ0v) is 9.42. The van der Waals surface area contributed by atoms with Gasteiger partial charge in [0.25, 0.3) is 0 Å². The molecule has 1 saturated carbocycles. The third kappa shape index (κ3) is 4.91.